The summed E-state index contributed by atoms with van der Waals surface area (Å²) in [6.07, 6.45) is -2.85. The monoisotopic (exact) mass is 646 g/mol. The second-order valence-corrected chi connectivity index (χ2v) is 11.8. The molecule has 0 spiro atoms. The van der Waals surface area contributed by atoms with Gasteiger partial charge in [0.2, 0.25) is 5.62 Å². The topological polar surface area (TPSA) is 77.6 Å². The Bertz CT molecular complexity index is 1870. The molecule has 0 aliphatic heterocycles. The Labute approximate surface area is 261 Å². The average molecular weight is 647 g/mol. The first-order chi connectivity index (χ1) is 21.3. The van der Waals surface area contributed by atoms with Crippen LogP contribution in [0.5, 0.6) is 0 Å². The van der Waals surface area contributed by atoms with Gasteiger partial charge in [-0.15, -0.1) is 4.99 Å². The number of ether oxygens (including phenoxy) is 1. The fourth-order valence-electron chi connectivity index (χ4n) is 4.76. The maximum Gasteiger partial charge on any atom is 0.437 e. The number of carbonyl (C=O) groups is 2. The lowest BCUT2D eigenvalue weighted by Gasteiger charge is -2.19. The van der Waals surface area contributed by atoms with Crippen molar-refractivity contribution in [3.63, 3.8) is 0 Å². The number of rotatable bonds is 6. The first-order valence-electron chi connectivity index (χ1n) is 14.1. The smallest absolute Gasteiger partial charge is 0.437 e. The Morgan fingerprint density at radius 2 is 1.65 bits per heavy atom. The fourth-order valence-corrected chi connectivity index (χ4v) is 4.76. The third-order valence-corrected chi connectivity index (χ3v) is 6.96. The van der Waals surface area contributed by atoms with Gasteiger partial charge < -0.3 is 19.2 Å². The summed E-state index contributed by atoms with van der Waals surface area (Å²) < 4.78 is 94.1. The van der Waals surface area contributed by atoms with Crippen LogP contribution in [-0.4, -0.2) is 26.7 Å². The van der Waals surface area contributed by atoms with Crippen LogP contribution in [0.4, 0.5) is 31.1 Å². The molecule has 0 radical (unpaired) electrons. The molecule has 0 aliphatic carbocycles. The number of hydrogen-bond donors (Lipinski definition) is 1. The molecule has 244 valence electrons. The predicted molar refractivity (Wildman–Crippen MR) is 158 cm³/mol. The van der Waals surface area contributed by atoms with Crippen molar-refractivity contribution in [2.24, 2.45) is 12.0 Å². The lowest BCUT2D eigenvalue weighted by molar-refractivity contribution is -0.137. The molecule has 0 saturated carbocycles. The van der Waals surface area contributed by atoms with Crippen molar-refractivity contribution >= 4 is 12.0 Å². The molecule has 0 fully saturated rings. The number of aromatic nitrogens is 2. The molecular formula is C33H32F6N4O3. The van der Waals surface area contributed by atoms with E-state index in [2.05, 4.69) is 10.3 Å². The summed E-state index contributed by atoms with van der Waals surface area (Å²) in [5.41, 5.74) is -3.03. The number of benzene rings is 3. The largest absolute Gasteiger partial charge is 0.442 e. The highest BCUT2D eigenvalue weighted by Gasteiger charge is 2.35. The van der Waals surface area contributed by atoms with Crippen LogP contribution in [0.1, 0.15) is 66.3 Å². The lowest BCUT2D eigenvalue weighted by Crippen LogP contribution is -2.29. The van der Waals surface area contributed by atoms with Crippen molar-refractivity contribution in [3.8, 4) is 11.1 Å². The Morgan fingerprint density at radius 1 is 0.957 bits per heavy atom. The average Bonchev–Trinajstić information content (AvgIpc) is 3.27. The SMILES string of the molecule is Cc1cc([C@H](C)NC(=O)c2cc(Cn3ccn(C)/c3=N/C(=O)OC(C)(C)C)cc(-c3ccc(F)cc3C(F)(F)F)c2F)ccc1F. The molecule has 0 aliphatic rings. The summed E-state index contributed by atoms with van der Waals surface area (Å²) in [5, 5.41) is 2.61. The Kier molecular flexibility index (Phi) is 9.55. The van der Waals surface area contributed by atoms with Gasteiger partial charge in [-0.05, 0) is 87.2 Å². The second kappa shape index (κ2) is 12.9. The van der Waals surface area contributed by atoms with Gasteiger partial charge in [0.05, 0.1) is 23.7 Å². The van der Waals surface area contributed by atoms with E-state index in [0.29, 0.717) is 11.1 Å². The van der Waals surface area contributed by atoms with Gasteiger partial charge in [0.1, 0.15) is 23.1 Å². The van der Waals surface area contributed by atoms with Crippen molar-refractivity contribution in [1.82, 2.24) is 14.5 Å². The predicted octanol–water partition coefficient (Wildman–Crippen LogP) is 7.61. The van der Waals surface area contributed by atoms with Crippen molar-refractivity contribution in [3.05, 3.63) is 112 Å². The van der Waals surface area contributed by atoms with Gasteiger partial charge in [0.25, 0.3) is 5.91 Å². The van der Waals surface area contributed by atoms with Crippen LogP contribution in [0.25, 0.3) is 11.1 Å². The zero-order valence-corrected chi connectivity index (χ0v) is 25.9. The van der Waals surface area contributed by atoms with Gasteiger partial charge in [-0.2, -0.15) is 13.2 Å². The number of imidazole rings is 1. The van der Waals surface area contributed by atoms with Crippen LogP contribution in [0, 0.1) is 24.4 Å². The highest BCUT2D eigenvalue weighted by molar-refractivity contribution is 5.96. The van der Waals surface area contributed by atoms with Gasteiger partial charge >= 0.3 is 12.3 Å². The lowest BCUT2D eigenvalue weighted by atomic mass is 9.94. The van der Waals surface area contributed by atoms with Crippen LogP contribution in [0.3, 0.4) is 0 Å². The maximum absolute atomic E-state index is 16.1. The molecule has 1 atom stereocenters. The summed E-state index contributed by atoms with van der Waals surface area (Å²) in [4.78, 5) is 29.9. The summed E-state index contributed by atoms with van der Waals surface area (Å²) >= 11 is 0. The molecule has 0 unspecified atom stereocenters. The molecule has 4 rings (SSSR count). The zero-order valence-electron chi connectivity index (χ0n) is 25.9. The van der Waals surface area contributed by atoms with E-state index in [4.69, 9.17) is 4.74 Å². The summed E-state index contributed by atoms with van der Waals surface area (Å²) in [6.45, 7) is 7.94. The number of nitrogens with zero attached hydrogens (tertiary/aromatic N) is 3. The maximum atomic E-state index is 16.1. The molecule has 0 saturated heterocycles. The Balaban J connectivity index is 1.85. The number of aryl methyl sites for hydroxylation is 2. The van der Waals surface area contributed by atoms with E-state index in [1.165, 1.54) is 46.5 Å². The Morgan fingerprint density at radius 3 is 2.28 bits per heavy atom. The molecule has 1 aromatic heterocycles. The van der Waals surface area contributed by atoms with Gasteiger partial charge in [0.15, 0.2) is 0 Å². The number of carbonyl (C=O) groups excluding carboxylic acids is 2. The first kappa shape index (κ1) is 34.1. The molecule has 7 nitrogen and oxygen atoms in total. The van der Waals surface area contributed by atoms with E-state index in [-0.39, 0.29) is 23.8 Å². The van der Waals surface area contributed by atoms with Crippen LogP contribution >= 0.6 is 0 Å². The van der Waals surface area contributed by atoms with E-state index < -0.39 is 69.5 Å². The third kappa shape index (κ3) is 7.88. The van der Waals surface area contributed by atoms with Gasteiger partial charge in [-0.3, -0.25) is 4.79 Å². The van der Waals surface area contributed by atoms with Crippen molar-refractivity contribution < 1.29 is 40.7 Å². The summed E-state index contributed by atoms with van der Waals surface area (Å²) in [5.74, 6) is -3.86. The van der Waals surface area contributed by atoms with Gasteiger partial charge in [0, 0.05) is 25.0 Å². The Hall–Kier alpha value is -4.81. The van der Waals surface area contributed by atoms with E-state index in [1.54, 1.807) is 40.9 Å². The quantitative estimate of drug-likeness (QED) is 0.219. The molecule has 13 heteroatoms. The molecular weight excluding hydrogens is 614 g/mol. The van der Waals surface area contributed by atoms with Crippen LogP contribution in [-0.2, 0) is 24.5 Å². The fraction of sp³-hybridized carbons (Fsp3) is 0.303. The van der Waals surface area contributed by atoms with Crippen molar-refractivity contribution in [2.75, 3.05) is 0 Å². The second-order valence-electron chi connectivity index (χ2n) is 11.8. The number of nitrogens with one attached hydrogen (secondary N) is 1. The minimum absolute atomic E-state index is 0.101. The molecule has 46 heavy (non-hydrogen) atoms. The van der Waals surface area contributed by atoms with Crippen LogP contribution in [0.2, 0.25) is 0 Å². The summed E-state index contributed by atoms with van der Waals surface area (Å²) in [6, 6.07) is 7.54. The van der Waals surface area contributed by atoms with E-state index in [0.717, 1.165) is 18.2 Å². The highest BCUT2D eigenvalue weighted by atomic mass is 19.4. The number of halogens is 6. The highest BCUT2D eigenvalue weighted by Crippen LogP contribution is 2.39. The number of alkyl halides is 3. The minimum Gasteiger partial charge on any atom is -0.442 e. The number of hydrogen-bond acceptors (Lipinski definition) is 3. The molecule has 1 N–H and O–H groups in total. The first-order valence-corrected chi connectivity index (χ1v) is 14.1. The number of amides is 2. The van der Waals surface area contributed by atoms with Crippen LogP contribution in [0.15, 0.2) is 65.9 Å². The third-order valence-electron chi connectivity index (χ3n) is 6.96. The summed E-state index contributed by atoms with van der Waals surface area (Å²) in [7, 11) is 1.60. The molecule has 1 heterocycles. The van der Waals surface area contributed by atoms with Gasteiger partial charge in [-0.1, -0.05) is 18.2 Å². The van der Waals surface area contributed by atoms with Gasteiger partial charge in [-0.25, -0.2) is 18.0 Å². The zero-order chi connectivity index (χ0) is 34.1. The van der Waals surface area contributed by atoms with Crippen molar-refractivity contribution in [2.45, 2.75) is 59.0 Å². The minimum atomic E-state index is -5.05. The van der Waals surface area contributed by atoms with Crippen LogP contribution < -0.4 is 10.9 Å². The van der Waals surface area contributed by atoms with Crippen molar-refractivity contribution in [1.29, 1.82) is 0 Å². The molecule has 4 aromatic rings. The van der Waals surface area contributed by atoms with E-state index in [1.807, 2.05) is 0 Å². The van der Waals surface area contributed by atoms with E-state index in [9.17, 15) is 31.5 Å². The van der Waals surface area contributed by atoms with E-state index >= 15 is 4.39 Å². The normalized spacial score (nSPS) is 13.1. The standard InChI is InChI=1S/C33H32F6N4O3/c1-18-13-21(7-10-27(18)35)19(2)40-29(44)25-15-20(17-43-12-11-42(6)30(43)41-31(45)46-32(3,4)5)14-24(28(25)36)23-9-8-22(34)16-26(23)33(37,38)39/h7-16,19H,17H2,1-6H3,(H,40,44)/b41-30-/t19-/m0/s1. The molecule has 0 bridgehead atoms. The molecule has 3 aromatic carbocycles. The molecule has 2 amide bonds.